The standard InChI is InChI=1S/C11H14O2.C2H6/c1-8(2)11-7-12-9-5-3-4-6-10(9)13-11;1-2/h3-6,8,11H,7H2,1-2H3;1-2H3. The summed E-state index contributed by atoms with van der Waals surface area (Å²) in [4.78, 5) is 0. The van der Waals surface area contributed by atoms with E-state index in [0.717, 1.165) is 11.5 Å². The second-order valence-electron chi connectivity index (χ2n) is 3.66. The van der Waals surface area contributed by atoms with Crippen LogP contribution in [0, 0.1) is 5.92 Å². The Kier molecular flexibility index (Phi) is 4.47. The quantitative estimate of drug-likeness (QED) is 0.703. The van der Waals surface area contributed by atoms with Crippen molar-refractivity contribution < 1.29 is 9.47 Å². The highest BCUT2D eigenvalue weighted by Crippen LogP contribution is 2.32. The summed E-state index contributed by atoms with van der Waals surface area (Å²) in [7, 11) is 0. The van der Waals surface area contributed by atoms with Gasteiger partial charge in [0.2, 0.25) is 0 Å². The Morgan fingerprint density at radius 3 is 2.33 bits per heavy atom. The van der Waals surface area contributed by atoms with E-state index >= 15 is 0 Å². The highest BCUT2D eigenvalue weighted by molar-refractivity contribution is 5.40. The molecular formula is C13H20O2. The second-order valence-corrected chi connectivity index (χ2v) is 3.66. The zero-order chi connectivity index (χ0) is 11.3. The third-order valence-corrected chi connectivity index (χ3v) is 2.27. The summed E-state index contributed by atoms with van der Waals surface area (Å²) in [5.41, 5.74) is 0. The average Bonchev–Trinajstić information content (AvgIpc) is 2.31. The molecule has 1 aromatic rings. The number of fused-ring (bicyclic) bond motifs is 1. The van der Waals surface area contributed by atoms with Crippen LogP contribution >= 0.6 is 0 Å². The molecule has 1 unspecified atom stereocenters. The number of hydrogen-bond donors (Lipinski definition) is 0. The van der Waals surface area contributed by atoms with Gasteiger partial charge in [0, 0.05) is 0 Å². The Morgan fingerprint density at radius 2 is 1.73 bits per heavy atom. The molecular weight excluding hydrogens is 188 g/mol. The molecule has 2 heteroatoms. The van der Waals surface area contributed by atoms with Crippen LogP contribution in [-0.2, 0) is 0 Å². The van der Waals surface area contributed by atoms with E-state index in [0.29, 0.717) is 12.5 Å². The predicted octanol–water partition coefficient (Wildman–Crippen LogP) is 3.51. The highest BCUT2D eigenvalue weighted by Gasteiger charge is 2.22. The normalized spacial score (nSPS) is 18.1. The molecule has 2 nitrogen and oxygen atoms in total. The fourth-order valence-corrected chi connectivity index (χ4v) is 1.36. The maximum Gasteiger partial charge on any atom is 0.161 e. The van der Waals surface area contributed by atoms with Crippen LogP contribution in [0.2, 0.25) is 0 Å². The van der Waals surface area contributed by atoms with Gasteiger partial charge in [-0.3, -0.25) is 0 Å². The molecule has 1 aliphatic heterocycles. The molecule has 1 aliphatic rings. The SMILES string of the molecule is CC.CC(C)C1COc2ccccc2O1. The lowest BCUT2D eigenvalue weighted by Gasteiger charge is -2.28. The Hall–Kier alpha value is -1.18. The summed E-state index contributed by atoms with van der Waals surface area (Å²) in [5, 5.41) is 0. The number of rotatable bonds is 1. The molecule has 1 heterocycles. The van der Waals surface area contributed by atoms with Gasteiger partial charge in [0.05, 0.1) is 0 Å². The van der Waals surface area contributed by atoms with E-state index in [2.05, 4.69) is 13.8 Å². The van der Waals surface area contributed by atoms with Gasteiger partial charge in [0.25, 0.3) is 0 Å². The minimum absolute atomic E-state index is 0.190. The van der Waals surface area contributed by atoms with Gasteiger partial charge in [0.1, 0.15) is 12.7 Å². The zero-order valence-corrected chi connectivity index (χ0v) is 9.99. The van der Waals surface area contributed by atoms with Crippen molar-refractivity contribution in [1.82, 2.24) is 0 Å². The van der Waals surface area contributed by atoms with Gasteiger partial charge < -0.3 is 9.47 Å². The topological polar surface area (TPSA) is 18.5 Å². The molecule has 0 saturated carbocycles. The van der Waals surface area contributed by atoms with Crippen molar-refractivity contribution in [3.63, 3.8) is 0 Å². The van der Waals surface area contributed by atoms with Gasteiger partial charge in [-0.1, -0.05) is 39.8 Å². The largest absolute Gasteiger partial charge is 0.486 e. The van der Waals surface area contributed by atoms with E-state index < -0.39 is 0 Å². The Labute approximate surface area is 92.2 Å². The number of para-hydroxylation sites is 2. The molecule has 0 bridgehead atoms. The van der Waals surface area contributed by atoms with Gasteiger partial charge in [0.15, 0.2) is 11.5 Å². The van der Waals surface area contributed by atoms with E-state index in [1.165, 1.54) is 0 Å². The fourth-order valence-electron chi connectivity index (χ4n) is 1.36. The maximum absolute atomic E-state index is 5.77. The van der Waals surface area contributed by atoms with Gasteiger partial charge in [-0.2, -0.15) is 0 Å². The first-order valence-electron chi connectivity index (χ1n) is 5.66. The molecule has 0 N–H and O–H groups in total. The third-order valence-electron chi connectivity index (χ3n) is 2.27. The van der Waals surface area contributed by atoms with Crippen LogP contribution in [-0.4, -0.2) is 12.7 Å². The summed E-state index contributed by atoms with van der Waals surface area (Å²) in [5.74, 6) is 2.22. The van der Waals surface area contributed by atoms with Crippen LogP contribution in [0.3, 0.4) is 0 Å². The van der Waals surface area contributed by atoms with Crippen molar-refractivity contribution in [3.8, 4) is 11.5 Å². The van der Waals surface area contributed by atoms with E-state index in [4.69, 9.17) is 9.47 Å². The van der Waals surface area contributed by atoms with Crippen molar-refractivity contribution >= 4 is 0 Å². The van der Waals surface area contributed by atoms with E-state index in [-0.39, 0.29) is 6.10 Å². The second kappa shape index (κ2) is 5.64. The van der Waals surface area contributed by atoms with Crippen LogP contribution in [0.4, 0.5) is 0 Å². The minimum Gasteiger partial charge on any atom is -0.486 e. The molecule has 0 aliphatic carbocycles. The lowest BCUT2D eigenvalue weighted by Crippen LogP contribution is -2.33. The molecule has 1 atom stereocenters. The Bertz CT molecular complexity index is 294. The third kappa shape index (κ3) is 2.88. The first-order valence-corrected chi connectivity index (χ1v) is 5.66. The van der Waals surface area contributed by atoms with Crippen molar-refractivity contribution in [2.45, 2.75) is 33.8 Å². The van der Waals surface area contributed by atoms with Crippen molar-refractivity contribution in [1.29, 1.82) is 0 Å². The lowest BCUT2D eigenvalue weighted by atomic mass is 10.1. The van der Waals surface area contributed by atoms with Crippen LogP contribution in [0.25, 0.3) is 0 Å². The van der Waals surface area contributed by atoms with E-state index in [1.807, 2.05) is 38.1 Å². The number of benzene rings is 1. The molecule has 84 valence electrons. The molecule has 2 rings (SSSR count). The molecule has 0 amide bonds. The number of ether oxygens (including phenoxy) is 2. The van der Waals surface area contributed by atoms with Crippen LogP contribution < -0.4 is 9.47 Å². The molecule has 0 aromatic heterocycles. The number of hydrogen-bond acceptors (Lipinski definition) is 2. The average molecular weight is 208 g/mol. The summed E-state index contributed by atoms with van der Waals surface area (Å²) in [6, 6.07) is 7.80. The smallest absolute Gasteiger partial charge is 0.161 e. The predicted molar refractivity (Wildman–Crippen MR) is 62.5 cm³/mol. The minimum atomic E-state index is 0.190. The van der Waals surface area contributed by atoms with E-state index in [9.17, 15) is 0 Å². The van der Waals surface area contributed by atoms with Crippen molar-refractivity contribution in [2.24, 2.45) is 5.92 Å². The van der Waals surface area contributed by atoms with Gasteiger partial charge in [-0.15, -0.1) is 0 Å². The Balaban J connectivity index is 0.000000531. The molecule has 15 heavy (non-hydrogen) atoms. The fraction of sp³-hybridized carbons (Fsp3) is 0.538. The summed E-state index contributed by atoms with van der Waals surface area (Å²) >= 11 is 0. The van der Waals surface area contributed by atoms with Crippen LogP contribution in [0.5, 0.6) is 11.5 Å². The monoisotopic (exact) mass is 208 g/mol. The molecule has 0 radical (unpaired) electrons. The summed E-state index contributed by atoms with van der Waals surface area (Å²) in [6.07, 6.45) is 0.190. The maximum atomic E-state index is 5.77. The molecule has 0 spiro atoms. The van der Waals surface area contributed by atoms with Crippen molar-refractivity contribution in [3.05, 3.63) is 24.3 Å². The lowest BCUT2D eigenvalue weighted by molar-refractivity contribution is 0.0591. The van der Waals surface area contributed by atoms with E-state index in [1.54, 1.807) is 0 Å². The van der Waals surface area contributed by atoms with Crippen molar-refractivity contribution in [2.75, 3.05) is 6.61 Å². The molecule has 0 fully saturated rings. The first-order chi connectivity index (χ1) is 7.27. The van der Waals surface area contributed by atoms with Crippen LogP contribution in [0.1, 0.15) is 27.7 Å². The Morgan fingerprint density at radius 1 is 1.13 bits per heavy atom. The highest BCUT2D eigenvalue weighted by atomic mass is 16.6. The summed E-state index contributed by atoms with van der Waals surface area (Å²) < 4.78 is 11.3. The van der Waals surface area contributed by atoms with Gasteiger partial charge >= 0.3 is 0 Å². The molecule has 1 aromatic carbocycles. The van der Waals surface area contributed by atoms with Gasteiger partial charge in [-0.05, 0) is 18.1 Å². The van der Waals surface area contributed by atoms with Gasteiger partial charge in [-0.25, -0.2) is 0 Å². The summed E-state index contributed by atoms with van der Waals surface area (Å²) in [6.45, 7) is 8.94. The zero-order valence-electron chi connectivity index (χ0n) is 9.99. The molecule has 0 saturated heterocycles. The first kappa shape index (κ1) is 11.9. The van der Waals surface area contributed by atoms with Crippen LogP contribution in [0.15, 0.2) is 24.3 Å².